The first kappa shape index (κ1) is 18.3. The summed E-state index contributed by atoms with van der Waals surface area (Å²) in [5.41, 5.74) is 1.40. The number of benzene rings is 1. The van der Waals surface area contributed by atoms with E-state index in [-0.39, 0.29) is 5.91 Å². The lowest BCUT2D eigenvalue weighted by atomic mass is 9.85. The van der Waals surface area contributed by atoms with Crippen LogP contribution >= 0.6 is 0 Å². The zero-order chi connectivity index (χ0) is 18.5. The van der Waals surface area contributed by atoms with Crippen molar-refractivity contribution in [2.75, 3.05) is 25.5 Å². The number of piperidine rings is 1. The highest BCUT2D eigenvalue weighted by Crippen LogP contribution is 2.27. The summed E-state index contributed by atoms with van der Waals surface area (Å²) < 4.78 is 6.98. The lowest BCUT2D eigenvalue weighted by Crippen LogP contribution is -2.34. The van der Waals surface area contributed by atoms with Gasteiger partial charge in [-0.15, -0.1) is 5.10 Å². The number of carbonyl (C=O) groups excluding carboxylic acids is 1. The molecule has 2 atom stereocenters. The summed E-state index contributed by atoms with van der Waals surface area (Å²) in [7, 11) is 1.59. The number of amides is 1. The maximum atomic E-state index is 12.5. The monoisotopic (exact) mass is 358 g/mol. The van der Waals surface area contributed by atoms with E-state index in [2.05, 4.69) is 33.1 Å². The molecule has 0 saturated carbocycles. The van der Waals surface area contributed by atoms with Crippen molar-refractivity contribution in [2.45, 2.75) is 33.1 Å². The number of hydrogen-bond donors (Lipinski definition) is 2. The van der Waals surface area contributed by atoms with E-state index in [0.29, 0.717) is 41.2 Å². The minimum Gasteiger partial charge on any atom is -0.494 e. The third kappa shape index (κ3) is 4.19. The standard InChI is InChI=1S/C18H26N6O2/c1-12(14-5-4-8-19-11-14)9-18(25)20-15-6-7-17(26-3)16(10-15)24-13(2)21-22-23-24/h6-7,10,12,14,19H,4-5,8-9,11H2,1-3H3,(H,20,25). The average molecular weight is 358 g/mol. The third-order valence-corrected chi connectivity index (χ3v) is 4.96. The van der Waals surface area contributed by atoms with Crippen molar-refractivity contribution in [1.82, 2.24) is 25.5 Å². The van der Waals surface area contributed by atoms with Crippen LogP contribution in [0.3, 0.4) is 0 Å². The lowest BCUT2D eigenvalue weighted by molar-refractivity contribution is -0.117. The summed E-state index contributed by atoms with van der Waals surface area (Å²) in [6.45, 7) is 6.05. The summed E-state index contributed by atoms with van der Waals surface area (Å²) in [6.07, 6.45) is 2.88. The van der Waals surface area contributed by atoms with Crippen molar-refractivity contribution in [3.63, 3.8) is 0 Å². The van der Waals surface area contributed by atoms with Crippen LogP contribution in [0.25, 0.3) is 5.69 Å². The maximum Gasteiger partial charge on any atom is 0.224 e. The SMILES string of the molecule is COc1ccc(NC(=O)CC(C)C2CCCNC2)cc1-n1nnnc1C. The average Bonchev–Trinajstić information content (AvgIpc) is 3.08. The van der Waals surface area contributed by atoms with Gasteiger partial charge in [-0.25, -0.2) is 0 Å². The summed E-state index contributed by atoms with van der Waals surface area (Å²) in [5, 5.41) is 18.0. The highest BCUT2D eigenvalue weighted by atomic mass is 16.5. The Morgan fingerprint density at radius 3 is 3.00 bits per heavy atom. The van der Waals surface area contributed by atoms with Crippen molar-refractivity contribution < 1.29 is 9.53 Å². The molecular formula is C18H26N6O2. The Morgan fingerprint density at radius 1 is 1.50 bits per heavy atom. The smallest absolute Gasteiger partial charge is 0.224 e. The van der Waals surface area contributed by atoms with Crippen molar-refractivity contribution in [3.8, 4) is 11.4 Å². The fourth-order valence-electron chi connectivity index (χ4n) is 3.42. The number of rotatable bonds is 6. The predicted octanol–water partition coefficient (Wildman–Crippen LogP) is 1.94. The second kappa shape index (κ2) is 8.27. The molecule has 2 unspecified atom stereocenters. The molecule has 1 aromatic carbocycles. The lowest BCUT2D eigenvalue weighted by Gasteiger charge is -2.28. The van der Waals surface area contributed by atoms with Crippen LogP contribution < -0.4 is 15.4 Å². The van der Waals surface area contributed by atoms with Crippen LogP contribution in [0.1, 0.15) is 32.0 Å². The van der Waals surface area contributed by atoms with E-state index >= 15 is 0 Å². The number of hydrogen-bond acceptors (Lipinski definition) is 6. The van der Waals surface area contributed by atoms with E-state index in [4.69, 9.17) is 4.74 Å². The second-order valence-electron chi connectivity index (χ2n) is 6.86. The maximum absolute atomic E-state index is 12.5. The van der Waals surface area contributed by atoms with Crippen LogP contribution in [-0.4, -0.2) is 46.3 Å². The van der Waals surface area contributed by atoms with Gasteiger partial charge in [0.1, 0.15) is 11.4 Å². The highest BCUT2D eigenvalue weighted by Gasteiger charge is 2.22. The Hall–Kier alpha value is -2.48. The topological polar surface area (TPSA) is 94.0 Å². The molecule has 2 heterocycles. The van der Waals surface area contributed by atoms with Gasteiger partial charge in [-0.3, -0.25) is 4.79 Å². The van der Waals surface area contributed by atoms with Gasteiger partial charge in [0.15, 0.2) is 5.82 Å². The number of methoxy groups -OCH3 is 1. The van der Waals surface area contributed by atoms with Gasteiger partial charge in [-0.1, -0.05) is 6.92 Å². The predicted molar refractivity (Wildman–Crippen MR) is 98.4 cm³/mol. The Kier molecular flexibility index (Phi) is 5.82. The number of tetrazole rings is 1. The summed E-state index contributed by atoms with van der Waals surface area (Å²) in [4.78, 5) is 12.5. The molecule has 8 heteroatoms. The third-order valence-electron chi connectivity index (χ3n) is 4.96. The van der Waals surface area contributed by atoms with Crippen LogP contribution in [0.5, 0.6) is 5.75 Å². The van der Waals surface area contributed by atoms with E-state index in [0.717, 1.165) is 13.1 Å². The van der Waals surface area contributed by atoms with Gasteiger partial charge in [0.05, 0.1) is 7.11 Å². The first-order valence-electron chi connectivity index (χ1n) is 9.02. The highest BCUT2D eigenvalue weighted by molar-refractivity contribution is 5.91. The Bertz CT molecular complexity index is 754. The largest absolute Gasteiger partial charge is 0.494 e. The van der Waals surface area contributed by atoms with Crippen molar-refractivity contribution in [2.24, 2.45) is 11.8 Å². The molecule has 2 aromatic rings. The summed E-state index contributed by atoms with van der Waals surface area (Å²) in [6, 6.07) is 5.46. The van der Waals surface area contributed by atoms with Crippen LogP contribution in [0.2, 0.25) is 0 Å². The fraction of sp³-hybridized carbons (Fsp3) is 0.556. The molecule has 140 valence electrons. The number of nitrogens with zero attached hydrogens (tertiary/aromatic N) is 4. The number of aromatic nitrogens is 4. The molecule has 0 aliphatic carbocycles. The van der Waals surface area contributed by atoms with Crippen LogP contribution in [0.15, 0.2) is 18.2 Å². The Labute approximate surface area is 153 Å². The second-order valence-corrected chi connectivity index (χ2v) is 6.86. The first-order valence-corrected chi connectivity index (χ1v) is 9.02. The van der Waals surface area contributed by atoms with Gasteiger partial charge in [0, 0.05) is 12.1 Å². The van der Waals surface area contributed by atoms with E-state index in [1.54, 1.807) is 17.9 Å². The molecule has 2 N–H and O–H groups in total. The molecule has 8 nitrogen and oxygen atoms in total. The quantitative estimate of drug-likeness (QED) is 0.820. The number of aryl methyl sites for hydroxylation is 1. The number of carbonyl (C=O) groups is 1. The normalized spacial score (nSPS) is 18.3. The number of nitrogens with one attached hydrogen (secondary N) is 2. The van der Waals surface area contributed by atoms with Gasteiger partial charge in [-0.05, 0) is 73.3 Å². The number of ether oxygens (including phenoxy) is 1. The molecule has 0 bridgehead atoms. The minimum absolute atomic E-state index is 0.0210. The first-order chi connectivity index (χ1) is 12.6. The zero-order valence-corrected chi connectivity index (χ0v) is 15.5. The summed E-state index contributed by atoms with van der Waals surface area (Å²) in [5.74, 6) is 2.21. The van der Waals surface area contributed by atoms with Crippen molar-refractivity contribution in [3.05, 3.63) is 24.0 Å². The minimum atomic E-state index is 0.0210. The molecule has 1 aliphatic heterocycles. The molecule has 1 aromatic heterocycles. The molecule has 26 heavy (non-hydrogen) atoms. The van der Waals surface area contributed by atoms with Gasteiger partial charge in [0.2, 0.25) is 5.91 Å². The molecular weight excluding hydrogens is 332 g/mol. The van der Waals surface area contributed by atoms with Gasteiger partial charge >= 0.3 is 0 Å². The van der Waals surface area contributed by atoms with Gasteiger partial charge < -0.3 is 15.4 Å². The van der Waals surface area contributed by atoms with Crippen LogP contribution in [-0.2, 0) is 4.79 Å². The molecule has 1 aliphatic rings. The Balaban J connectivity index is 1.69. The molecule has 3 rings (SSSR count). The fourth-order valence-corrected chi connectivity index (χ4v) is 3.42. The molecule has 1 saturated heterocycles. The Morgan fingerprint density at radius 2 is 2.35 bits per heavy atom. The molecule has 1 fully saturated rings. The molecule has 0 radical (unpaired) electrons. The van der Waals surface area contributed by atoms with Crippen molar-refractivity contribution in [1.29, 1.82) is 0 Å². The van der Waals surface area contributed by atoms with Gasteiger partial charge in [0.25, 0.3) is 0 Å². The van der Waals surface area contributed by atoms with Crippen LogP contribution in [0.4, 0.5) is 5.69 Å². The molecule has 1 amide bonds. The van der Waals surface area contributed by atoms with E-state index in [1.807, 2.05) is 19.1 Å². The van der Waals surface area contributed by atoms with Gasteiger partial charge in [-0.2, -0.15) is 4.68 Å². The zero-order valence-electron chi connectivity index (χ0n) is 15.5. The van der Waals surface area contributed by atoms with Crippen LogP contribution in [0, 0.1) is 18.8 Å². The van der Waals surface area contributed by atoms with E-state index < -0.39 is 0 Å². The van der Waals surface area contributed by atoms with E-state index in [1.165, 1.54) is 12.8 Å². The summed E-state index contributed by atoms with van der Waals surface area (Å²) >= 11 is 0. The molecule has 0 spiro atoms. The number of anilines is 1. The van der Waals surface area contributed by atoms with Crippen molar-refractivity contribution >= 4 is 11.6 Å². The van der Waals surface area contributed by atoms with E-state index in [9.17, 15) is 4.79 Å².